The van der Waals surface area contributed by atoms with Gasteiger partial charge in [0, 0.05) is 19.8 Å². The summed E-state index contributed by atoms with van der Waals surface area (Å²) in [6, 6.07) is 8.05. The number of hydrogen-bond acceptors (Lipinski definition) is 8. The van der Waals surface area contributed by atoms with E-state index in [1.165, 1.54) is 38.1 Å². The number of rotatable bonds is 7. The molecular formula is C24H31NO7. The molecule has 1 N–H and O–H groups in total. The molecule has 32 heavy (non-hydrogen) atoms. The minimum Gasteiger partial charge on any atom is -0.465 e. The molecule has 1 aromatic carbocycles. The lowest BCUT2D eigenvalue weighted by Crippen LogP contribution is -2.55. The van der Waals surface area contributed by atoms with Gasteiger partial charge in [0.15, 0.2) is 0 Å². The number of hydrogen-bond donors (Lipinski definition) is 1. The van der Waals surface area contributed by atoms with Crippen molar-refractivity contribution in [3.63, 3.8) is 0 Å². The molecule has 174 valence electrons. The van der Waals surface area contributed by atoms with Crippen LogP contribution in [0, 0.1) is 28.6 Å². The molecule has 0 amide bonds. The number of nitrogens with zero attached hydrogens (tertiary/aromatic N) is 1. The third-order valence-electron chi connectivity index (χ3n) is 6.05. The Labute approximate surface area is 188 Å². The summed E-state index contributed by atoms with van der Waals surface area (Å²) in [4.78, 5) is 35.5. The van der Waals surface area contributed by atoms with Gasteiger partial charge in [0.05, 0.1) is 36.0 Å². The highest BCUT2D eigenvalue weighted by Gasteiger charge is 2.52. The topological polar surface area (TPSA) is 123 Å². The molecule has 1 saturated carbocycles. The number of aliphatic hydroxyl groups is 1. The molecule has 0 aliphatic heterocycles. The molecule has 0 heterocycles. The molecule has 0 radical (unpaired) electrons. The van der Waals surface area contributed by atoms with E-state index < -0.39 is 35.0 Å². The van der Waals surface area contributed by atoms with Gasteiger partial charge in [0.1, 0.15) is 6.10 Å². The van der Waals surface area contributed by atoms with Crippen LogP contribution < -0.4 is 0 Å². The maximum atomic E-state index is 12.7. The molecule has 1 fully saturated rings. The molecule has 0 aromatic heterocycles. The lowest BCUT2D eigenvalue weighted by atomic mass is 9.59. The van der Waals surface area contributed by atoms with Gasteiger partial charge in [-0.25, -0.2) is 4.79 Å². The largest absolute Gasteiger partial charge is 0.465 e. The summed E-state index contributed by atoms with van der Waals surface area (Å²) in [6.07, 6.45) is -0.192. The predicted octanol–water partition coefficient (Wildman–Crippen LogP) is 3.01. The Morgan fingerprint density at radius 1 is 1.09 bits per heavy atom. The molecule has 1 aliphatic carbocycles. The monoisotopic (exact) mass is 445 g/mol. The van der Waals surface area contributed by atoms with E-state index in [2.05, 4.69) is 0 Å². The zero-order valence-corrected chi connectivity index (χ0v) is 19.2. The highest BCUT2D eigenvalue weighted by atomic mass is 16.6. The van der Waals surface area contributed by atoms with Gasteiger partial charge in [-0.1, -0.05) is 13.8 Å². The van der Waals surface area contributed by atoms with E-state index in [0.717, 1.165) is 0 Å². The van der Waals surface area contributed by atoms with Crippen LogP contribution in [-0.2, 0) is 23.8 Å². The Hall–Kier alpha value is -2.92. The van der Waals surface area contributed by atoms with Crippen molar-refractivity contribution in [3.8, 4) is 6.07 Å². The van der Waals surface area contributed by atoms with Crippen molar-refractivity contribution in [2.45, 2.75) is 59.2 Å². The summed E-state index contributed by atoms with van der Waals surface area (Å²) in [5, 5.41) is 20.0. The highest BCUT2D eigenvalue weighted by molar-refractivity contribution is 5.89. The minimum absolute atomic E-state index is 0.0507. The summed E-state index contributed by atoms with van der Waals surface area (Å²) in [5.74, 6) is -1.98. The van der Waals surface area contributed by atoms with E-state index in [-0.39, 0.29) is 30.6 Å². The highest BCUT2D eigenvalue weighted by Crippen LogP contribution is 2.49. The quantitative estimate of drug-likeness (QED) is 0.502. The minimum atomic E-state index is -1.28. The van der Waals surface area contributed by atoms with E-state index in [4.69, 9.17) is 19.5 Å². The van der Waals surface area contributed by atoms with Crippen molar-refractivity contribution < 1.29 is 33.7 Å². The van der Waals surface area contributed by atoms with Crippen molar-refractivity contribution in [3.05, 3.63) is 35.4 Å². The third kappa shape index (κ3) is 6.54. The van der Waals surface area contributed by atoms with Crippen LogP contribution in [0.3, 0.4) is 0 Å². The van der Waals surface area contributed by atoms with E-state index in [0.29, 0.717) is 18.4 Å². The number of esters is 3. The lowest BCUT2D eigenvalue weighted by molar-refractivity contribution is -0.167. The normalized spacial score (nSPS) is 24.3. The number of carbonyl (C=O) groups excluding carboxylic acids is 3. The second-order valence-electron chi connectivity index (χ2n) is 9.31. The lowest BCUT2D eigenvalue weighted by Gasteiger charge is -2.51. The summed E-state index contributed by atoms with van der Waals surface area (Å²) in [6.45, 7) is 8.32. The van der Waals surface area contributed by atoms with Crippen molar-refractivity contribution in [1.29, 1.82) is 5.26 Å². The van der Waals surface area contributed by atoms with Gasteiger partial charge in [0.25, 0.3) is 0 Å². The molecule has 2 rings (SSSR count). The smallest absolute Gasteiger partial charge is 0.338 e. The Morgan fingerprint density at radius 2 is 1.62 bits per heavy atom. The Morgan fingerprint density at radius 3 is 2.09 bits per heavy atom. The van der Waals surface area contributed by atoms with Gasteiger partial charge < -0.3 is 19.3 Å². The first-order chi connectivity index (χ1) is 14.9. The Balaban J connectivity index is 2.25. The fourth-order valence-electron chi connectivity index (χ4n) is 4.58. The number of nitriles is 1. The molecule has 8 nitrogen and oxygen atoms in total. The van der Waals surface area contributed by atoms with Crippen LogP contribution in [0.25, 0.3) is 0 Å². The molecular weight excluding hydrogens is 414 g/mol. The molecule has 0 spiro atoms. The van der Waals surface area contributed by atoms with Gasteiger partial charge in [-0.05, 0) is 55.4 Å². The number of benzene rings is 1. The first-order valence-electron chi connectivity index (χ1n) is 10.6. The summed E-state index contributed by atoms with van der Waals surface area (Å²) < 4.78 is 16.1. The molecule has 1 aliphatic rings. The summed E-state index contributed by atoms with van der Waals surface area (Å²) in [5.41, 5.74) is -0.994. The van der Waals surface area contributed by atoms with Gasteiger partial charge in [0.2, 0.25) is 0 Å². The van der Waals surface area contributed by atoms with Crippen LogP contribution in [-0.4, -0.2) is 47.9 Å². The zero-order valence-electron chi connectivity index (χ0n) is 19.2. The van der Waals surface area contributed by atoms with Crippen LogP contribution in [0.5, 0.6) is 0 Å². The van der Waals surface area contributed by atoms with Crippen molar-refractivity contribution in [1.82, 2.24) is 0 Å². The Bertz CT molecular complexity index is 865. The maximum absolute atomic E-state index is 12.7. The van der Waals surface area contributed by atoms with Crippen molar-refractivity contribution in [2.24, 2.45) is 17.3 Å². The fourth-order valence-corrected chi connectivity index (χ4v) is 4.58. The summed E-state index contributed by atoms with van der Waals surface area (Å²) >= 11 is 0. The Kier molecular flexibility index (Phi) is 8.02. The third-order valence-corrected chi connectivity index (χ3v) is 6.05. The second kappa shape index (κ2) is 10.1. The van der Waals surface area contributed by atoms with E-state index in [1.807, 2.05) is 19.9 Å². The zero-order chi connectivity index (χ0) is 24.1. The van der Waals surface area contributed by atoms with Gasteiger partial charge >= 0.3 is 17.9 Å². The van der Waals surface area contributed by atoms with Crippen LogP contribution in [0.4, 0.5) is 0 Å². The van der Waals surface area contributed by atoms with Gasteiger partial charge in [-0.15, -0.1) is 0 Å². The average molecular weight is 446 g/mol. The molecule has 0 bridgehead atoms. The molecule has 0 unspecified atom stereocenters. The van der Waals surface area contributed by atoms with E-state index in [9.17, 15) is 19.5 Å². The fraction of sp³-hybridized carbons (Fsp3) is 0.583. The van der Waals surface area contributed by atoms with Crippen LogP contribution in [0.15, 0.2) is 24.3 Å². The first-order valence-corrected chi connectivity index (χ1v) is 10.6. The van der Waals surface area contributed by atoms with Crippen LogP contribution >= 0.6 is 0 Å². The van der Waals surface area contributed by atoms with E-state index >= 15 is 0 Å². The van der Waals surface area contributed by atoms with Crippen molar-refractivity contribution >= 4 is 17.9 Å². The number of ether oxygens (including phenoxy) is 3. The van der Waals surface area contributed by atoms with Gasteiger partial charge in [-0.3, -0.25) is 9.59 Å². The molecule has 3 atom stereocenters. The second-order valence-corrected chi connectivity index (χ2v) is 9.31. The first kappa shape index (κ1) is 25.3. The predicted molar refractivity (Wildman–Crippen MR) is 114 cm³/mol. The van der Waals surface area contributed by atoms with Crippen LogP contribution in [0.1, 0.15) is 63.4 Å². The number of carbonyl (C=O) groups is 3. The molecule has 1 aromatic rings. The maximum Gasteiger partial charge on any atom is 0.338 e. The van der Waals surface area contributed by atoms with Crippen molar-refractivity contribution in [2.75, 3.05) is 13.2 Å². The van der Waals surface area contributed by atoms with Gasteiger partial charge in [-0.2, -0.15) is 5.26 Å². The molecule has 0 saturated heterocycles. The average Bonchev–Trinajstić information content (AvgIpc) is 2.69. The SMILES string of the molecule is CC(=O)OCC(COC(C)=O)[C@@H]1C[C@H](OC(=O)c2ccc(C#N)cc2)[C@@](C)(O)CC1(C)C. The van der Waals surface area contributed by atoms with E-state index in [1.54, 1.807) is 6.92 Å². The standard InChI is InChI=1S/C24H31NO7/c1-15(26)30-12-19(13-31-16(2)27)20-10-21(24(5,29)14-23(20,3)4)32-22(28)18-8-6-17(11-25)7-9-18/h6-9,19-21,29H,10,12-14H2,1-5H3/t20-,21-,24-/m0/s1. The summed E-state index contributed by atoms with van der Waals surface area (Å²) in [7, 11) is 0. The molecule has 8 heteroatoms. The van der Waals surface area contributed by atoms with Crippen LogP contribution in [0.2, 0.25) is 0 Å².